The van der Waals surface area contributed by atoms with Gasteiger partial charge in [-0.3, -0.25) is 9.59 Å². The lowest BCUT2D eigenvalue weighted by Gasteiger charge is -2.06. The van der Waals surface area contributed by atoms with Crippen molar-refractivity contribution in [2.45, 2.75) is 6.92 Å². The molecular weight excluding hydrogens is 310 g/mol. The summed E-state index contributed by atoms with van der Waals surface area (Å²) in [6.07, 6.45) is 1.69. The Morgan fingerprint density at radius 1 is 1.13 bits per heavy atom. The first kappa shape index (κ1) is 15.2. The van der Waals surface area contributed by atoms with Crippen molar-refractivity contribution in [3.05, 3.63) is 59.1 Å². The minimum atomic E-state index is -0.298. The van der Waals surface area contributed by atoms with Gasteiger partial charge in [-0.25, -0.2) is 4.98 Å². The van der Waals surface area contributed by atoms with Crippen molar-refractivity contribution in [3.8, 4) is 0 Å². The molecule has 116 valence electrons. The van der Waals surface area contributed by atoms with E-state index in [1.165, 1.54) is 11.3 Å². The molecule has 0 unspecified atom stereocenters. The predicted octanol–water partition coefficient (Wildman–Crippen LogP) is 2.97. The molecule has 0 saturated heterocycles. The summed E-state index contributed by atoms with van der Waals surface area (Å²) in [6.45, 7) is 1.82. The van der Waals surface area contributed by atoms with Crippen LogP contribution >= 0.6 is 11.3 Å². The number of nitrogens with zero attached hydrogens (tertiary/aromatic N) is 1. The molecule has 2 amide bonds. The highest BCUT2D eigenvalue weighted by molar-refractivity contribution is 7.15. The predicted molar refractivity (Wildman–Crippen MR) is 91.8 cm³/mol. The van der Waals surface area contributed by atoms with Gasteiger partial charge in [-0.1, -0.05) is 30.3 Å². The first-order valence-corrected chi connectivity index (χ1v) is 7.93. The molecule has 1 heterocycles. The van der Waals surface area contributed by atoms with Crippen molar-refractivity contribution in [1.29, 1.82) is 0 Å². The lowest BCUT2D eigenvalue weighted by atomic mass is 10.1. The average Bonchev–Trinajstić information content (AvgIpc) is 2.97. The summed E-state index contributed by atoms with van der Waals surface area (Å²) in [5, 5.41) is 7.86. The van der Waals surface area contributed by atoms with E-state index in [4.69, 9.17) is 0 Å². The third-order valence-corrected chi connectivity index (χ3v) is 4.12. The first-order chi connectivity index (χ1) is 11.1. The van der Waals surface area contributed by atoms with E-state index in [1.807, 2.05) is 43.3 Å². The van der Waals surface area contributed by atoms with Crippen molar-refractivity contribution in [1.82, 2.24) is 10.3 Å². The Labute approximate surface area is 137 Å². The molecule has 0 spiro atoms. The highest BCUT2D eigenvalue weighted by Crippen LogP contribution is 2.16. The molecule has 1 aromatic heterocycles. The van der Waals surface area contributed by atoms with E-state index in [1.54, 1.807) is 12.3 Å². The van der Waals surface area contributed by atoms with Gasteiger partial charge in [0.25, 0.3) is 5.91 Å². The van der Waals surface area contributed by atoms with Crippen LogP contribution < -0.4 is 10.6 Å². The second kappa shape index (κ2) is 6.58. The van der Waals surface area contributed by atoms with Crippen LogP contribution in [0.15, 0.2) is 48.7 Å². The van der Waals surface area contributed by atoms with Gasteiger partial charge in [-0.2, -0.15) is 0 Å². The van der Waals surface area contributed by atoms with Crippen LogP contribution in [0.4, 0.5) is 5.13 Å². The summed E-state index contributed by atoms with van der Waals surface area (Å²) in [7, 11) is 0. The number of benzene rings is 2. The molecule has 2 aromatic carbocycles. The molecule has 3 rings (SSSR count). The van der Waals surface area contributed by atoms with E-state index in [0.717, 1.165) is 15.6 Å². The highest BCUT2D eigenvalue weighted by atomic mass is 32.1. The number of amides is 2. The number of rotatable bonds is 4. The van der Waals surface area contributed by atoms with Crippen LogP contribution in [0.1, 0.15) is 15.2 Å². The van der Waals surface area contributed by atoms with Gasteiger partial charge in [0.15, 0.2) is 5.13 Å². The topological polar surface area (TPSA) is 71.1 Å². The number of aromatic nitrogens is 1. The maximum Gasteiger partial charge on any atom is 0.251 e. The molecule has 0 aliphatic heterocycles. The second-order valence-corrected chi connectivity index (χ2v) is 6.30. The smallest absolute Gasteiger partial charge is 0.251 e. The Hall–Kier alpha value is -2.73. The van der Waals surface area contributed by atoms with Crippen LogP contribution in [0.5, 0.6) is 0 Å². The maximum absolute atomic E-state index is 12.1. The zero-order valence-corrected chi connectivity index (χ0v) is 13.3. The summed E-state index contributed by atoms with van der Waals surface area (Å²) in [5.41, 5.74) is 0.529. The van der Waals surface area contributed by atoms with Crippen LogP contribution in [0.3, 0.4) is 0 Å². The summed E-state index contributed by atoms with van der Waals surface area (Å²) >= 11 is 1.39. The summed E-state index contributed by atoms with van der Waals surface area (Å²) in [6, 6.07) is 13.3. The summed E-state index contributed by atoms with van der Waals surface area (Å²) in [5.74, 6) is -0.574. The van der Waals surface area contributed by atoms with Gasteiger partial charge in [0.1, 0.15) is 0 Å². The molecule has 0 aliphatic rings. The van der Waals surface area contributed by atoms with Crippen molar-refractivity contribution in [2.75, 3.05) is 11.9 Å². The number of carbonyl (C=O) groups excluding carboxylic acids is 2. The van der Waals surface area contributed by atoms with Crippen molar-refractivity contribution < 1.29 is 9.59 Å². The van der Waals surface area contributed by atoms with Gasteiger partial charge in [0, 0.05) is 16.6 Å². The van der Waals surface area contributed by atoms with E-state index in [-0.39, 0.29) is 18.4 Å². The zero-order valence-electron chi connectivity index (χ0n) is 12.5. The van der Waals surface area contributed by atoms with Gasteiger partial charge < -0.3 is 10.6 Å². The van der Waals surface area contributed by atoms with Gasteiger partial charge >= 0.3 is 0 Å². The molecule has 0 fully saturated rings. The van der Waals surface area contributed by atoms with E-state index in [9.17, 15) is 9.59 Å². The Kier molecular flexibility index (Phi) is 4.34. The van der Waals surface area contributed by atoms with Crippen molar-refractivity contribution in [2.24, 2.45) is 0 Å². The number of aryl methyl sites for hydroxylation is 1. The molecule has 0 aliphatic carbocycles. The third kappa shape index (κ3) is 3.73. The monoisotopic (exact) mass is 325 g/mol. The van der Waals surface area contributed by atoms with Crippen LogP contribution in [0.25, 0.3) is 10.8 Å². The van der Waals surface area contributed by atoms with Gasteiger partial charge in [0.05, 0.1) is 6.54 Å². The number of carbonyl (C=O) groups is 2. The quantitative estimate of drug-likeness (QED) is 0.775. The molecule has 23 heavy (non-hydrogen) atoms. The molecule has 3 aromatic rings. The SMILES string of the molecule is Cc1cnc(NC(=O)CNC(=O)c2ccc3ccccc3c2)s1. The molecule has 0 atom stereocenters. The average molecular weight is 325 g/mol. The van der Waals surface area contributed by atoms with E-state index in [2.05, 4.69) is 15.6 Å². The van der Waals surface area contributed by atoms with E-state index < -0.39 is 0 Å². The van der Waals surface area contributed by atoms with Crippen LogP contribution in [0.2, 0.25) is 0 Å². The molecule has 2 N–H and O–H groups in total. The van der Waals surface area contributed by atoms with Gasteiger partial charge in [0.2, 0.25) is 5.91 Å². The van der Waals surface area contributed by atoms with Crippen molar-refractivity contribution in [3.63, 3.8) is 0 Å². The fourth-order valence-corrected chi connectivity index (χ4v) is 2.85. The van der Waals surface area contributed by atoms with Gasteiger partial charge in [-0.15, -0.1) is 11.3 Å². The standard InChI is InChI=1S/C17H15N3O2S/c1-11-9-19-17(23-11)20-15(21)10-18-16(22)14-7-6-12-4-2-3-5-13(12)8-14/h2-9H,10H2,1H3,(H,18,22)(H,19,20,21). The second-order valence-electron chi connectivity index (χ2n) is 5.07. The van der Waals surface area contributed by atoms with Crippen LogP contribution in [-0.4, -0.2) is 23.3 Å². The van der Waals surface area contributed by atoms with E-state index >= 15 is 0 Å². The normalized spacial score (nSPS) is 10.5. The Morgan fingerprint density at radius 3 is 2.65 bits per heavy atom. The Bertz CT molecular complexity index is 873. The number of thiazole rings is 1. The largest absolute Gasteiger partial charge is 0.343 e. The Balaban J connectivity index is 1.60. The fraction of sp³-hybridized carbons (Fsp3) is 0.118. The Morgan fingerprint density at radius 2 is 1.91 bits per heavy atom. The number of nitrogens with one attached hydrogen (secondary N) is 2. The summed E-state index contributed by atoms with van der Waals surface area (Å²) in [4.78, 5) is 29.0. The van der Waals surface area contributed by atoms with E-state index in [0.29, 0.717) is 10.7 Å². The molecule has 5 nitrogen and oxygen atoms in total. The number of anilines is 1. The maximum atomic E-state index is 12.1. The number of hydrogen-bond donors (Lipinski definition) is 2. The van der Waals surface area contributed by atoms with Crippen LogP contribution in [-0.2, 0) is 4.79 Å². The summed E-state index contributed by atoms with van der Waals surface area (Å²) < 4.78 is 0. The highest BCUT2D eigenvalue weighted by Gasteiger charge is 2.10. The van der Waals surface area contributed by atoms with Crippen molar-refractivity contribution >= 4 is 39.1 Å². The van der Waals surface area contributed by atoms with Crippen LogP contribution in [0, 0.1) is 6.92 Å². The minimum absolute atomic E-state index is 0.0930. The molecule has 0 saturated carbocycles. The molecular formula is C17H15N3O2S. The molecule has 0 radical (unpaired) electrons. The first-order valence-electron chi connectivity index (χ1n) is 7.11. The lowest BCUT2D eigenvalue weighted by molar-refractivity contribution is -0.115. The molecule has 6 heteroatoms. The zero-order chi connectivity index (χ0) is 16.2. The minimum Gasteiger partial charge on any atom is -0.343 e. The number of fused-ring (bicyclic) bond motifs is 1. The lowest BCUT2D eigenvalue weighted by Crippen LogP contribution is -2.32. The fourth-order valence-electron chi connectivity index (χ4n) is 2.17. The van der Waals surface area contributed by atoms with Gasteiger partial charge in [-0.05, 0) is 29.8 Å². The number of hydrogen-bond acceptors (Lipinski definition) is 4. The molecule has 0 bridgehead atoms. The third-order valence-electron chi connectivity index (χ3n) is 3.29.